The van der Waals surface area contributed by atoms with Gasteiger partial charge in [-0.3, -0.25) is 9.89 Å². The van der Waals surface area contributed by atoms with Crippen molar-refractivity contribution in [2.75, 3.05) is 13.1 Å². The third-order valence-corrected chi connectivity index (χ3v) is 4.69. The van der Waals surface area contributed by atoms with Crippen molar-refractivity contribution in [2.24, 2.45) is 0 Å². The Morgan fingerprint density at radius 3 is 2.64 bits per heavy atom. The van der Waals surface area contributed by atoms with E-state index in [9.17, 15) is 9.18 Å². The van der Waals surface area contributed by atoms with Crippen LogP contribution in [0.15, 0.2) is 53.1 Å². The fourth-order valence-corrected chi connectivity index (χ4v) is 3.26. The number of hydrogen-bond donors (Lipinski definition) is 1. The van der Waals surface area contributed by atoms with E-state index in [1.807, 2.05) is 11.0 Å². The van der Waals surface area contributed by atoms with Gasteiger partial charge in [0, 0.05) is 30.3 Å². The van der Waals surface area contributed by atoms with Crippen LogP contribution in [0.1, 0.15) is 35.0 Å². The van der Waals surface area contributed by atoms with Crippen LogP contribution in [-0.4, -0.2) is 34.1 Å². The fourth-order valence-electron chi connectivity index (χ4n) is 3.26. The summed E-state index contributed by atoms with van der Waals surface area (Å²) in [7, 11) is 0. The molecule has 128 valence electrons. The highest BCUT2D eigenvalue weighted by atomic mass is 19.1. The summed E-state index contributed by atoms with van der Waals surface area (Å²) in [6, 6.07) is 11.7. The number of carbonyl (C=O) groups is 1. The van der Waals surface area contributed by atoms with E-state index >= 15 is 0 Å². The van der Waals surface area contributed by atoms with Gasteiger partial charge in [0.05, 0.1) is 12.0 Å². The van der Waals surface area contributed by atoms with Crippen molar-refractivity contribution < 1.29 is 13.6 Å². The molecule has 2 aromatic heterocycles. The highest BCUT2D eigenvalue weighted by Gasteiger charge is 2.26. The van der Waals surface area contributed by atoms with Crippen molar-refractivity contribution in [2.45, 2.75) is 18.8 Å². The molecule has 3 heterocycles. The standard InChI is InChI=1S/C19H18FN3O2/c20-15-5-3-13(4-6-15)16-12-17(22-21-16)14-7-9-23(10-8-14)19(24)18-2-1-11-25-18/h1-6,11-12,14H,7-10H2,(H,21,22). The molecule has 1 aliphatic rings. The number of furan rings is 1. The van der Waals surface area contributed by atoms with Crippen molar-refractivity contribution >= 4 is 5.91 Å². The lowest BCUT2D eigenvalue weighted by Crippen LogP contribution is -2.37. The first-order valence-electron chi connectivity index (χ1n) is 8.35. The second-order valence-corrected chi connectivity index (χ2v) is 6.26. The van der Waals surface area contributed by atoms with Gasteiger partial charge < -0.3 is 9.32 Å². The topological polar surface area (TPSA) is 62.1 Å². The van der Waals surface area contributed by atoms with Crippen LogP contribution in [0.2, 0.25) is 0 Å². The highest BCUT2D eigenvalue weighted by molar-refractivity contribution is 5.91. The number of rotatable bonds is 3. The summed E-state index contributed by atoms with van der Waals surface area (Å²) in [5.41, 5.74) is 2.75. The molecule has 1 aliphatic heterocycles. The molecule has 0 aliphatic carbocycles. The molecule has 0 atom stereocenters. The van der Waals surface area contributed by atoms with Gasteiger partial charge in [-0.15, -0.1) is 0 Å². The number of nitrogens with zero attached hydrogens (tertiary/aromatic N) is 2. The van der Waals surface area contributed by atoms with E-state index in [4.69, 9.17) is 4.42 Å². The average molecular weight is 339 g/mol. The second-order valence-electron chi connectivity index (χ2n) is 6.26. The lowest BCUT2D eigenvalue weighted by atomic mass is 9.93. The molecule has 1 N–H and O–H groups in total. The summed E-state index contributed by atoms with van der Waals surface area (Å²) in [5.74, 6) is 0.411. The first-order valence-corrected chi connectivity index (χ1v) is 8.35. The Kier molecular flexibility index (Phi) is 4.09. The molecule has 1 amide bonds. The number of aromatic amines is 1. The molecule has 4 rings (SSSR count). The first-order chi connectivity index (χ1) is 12.2. The van der Waals surface area contributed by atoms with Gasteiger partial charge in [0.1, 0.15) is 5.82 Å². The number of carbonyl (C=O) groups excluding carboxylic acids is 1. The minimum atomic E-state index is -0.256. The highest BCUT2D eigenvalue weighted by Crippen LogP contribution is 2.30. The third-order valence-electron chi connectivity index (χ3n) is 4.69. The van der Waals surface area contributed by atoms with Crippen molar-refractivity contribution in [3.05, 3.63) is 66.0 Å². The quantitative estimate of drug-likeness (QED) is 0.789. The molecular weight excluding hydrogens is 321 g/mol. The minimum Gasteiger partial charge on any atom is -0.459 e. The Labute approximate surface area is 144 Å². The van der Waals surface area contributed by atoms with Crippen LogP contribution in [0, 0.1) is 5.82 Å². The van der Waals surface area contributed by atoms with Crippen LogP contribution in [0.5, 0.6) is 0 Å². The summed E-state index contributed by atoms with van der Waals surface area (Å²) in [6.45, 7) is 1.38. The largest absolute Gasteiger partial charge is 0.459 e. The van der Waals surface area contributed by atoms with Gasteiger partial charge in [0.25, 0.3) is 5.91 Å². The molecule has 1 saturated heterocycles. The summed E-state index contributed by atoms with van der Waals surface area (Å²) < 4.78 is 18.2. The minimum absolute atomic E-state index is 0.0555. The third kappa shape index (κ3) is 3.20. The average Bonchev–Trinajstić information content (AvgIpc) is 3.34. The van der Waals surface area contributed by atoms with Gasteiger partial charge in [-0.2, -0.15) is 5.10 Å². The zero-order valence-electron chi connectivity index (χ0n) is 13.6. The molecule has 0 spiro atoms. The lowest BCUT2D eigenvalue weighted by Gasteiger charge is -2.30. The van der Waals surface area contributed by atoms with Crippen molar-refractivity contribution in [3.63, 3.8) is 0 Å². The van der Waals surface area contributed by atoms with Crippen molar-refractivity contribution in [1.82, 2.24) is 15.1 Å². The predicted octanol–water partition coefficient (Wildman–Crippen LogP) is 3.83. The summed E-state index contributed by atoms with van der Waals surface area (Å²) in [4.78, 5) is 14.1. The SMILES string of the molecule is O=C(c1ccco1)N1CCC(c2cc(-c3ccc(F)cc3)n[nH]2)CC1. The Morgan fingerprint density at radius 1 is 1.20 bits per heavy atom. The number of aromatic nitrogens is 2. The van der Waals surface area contributed by atoms with E-state index in [2.05, 4.69) is 10.2 Å². The molecule has 1 aromatic carbocycles. The Hall–Kier alpha value is -2.89. The van der Waals surface area contributed by atoms with Gasteiger partial charge in [0.15, 0.2) is 5.76 Å². The van der Waals surface area contributed by atoms with Crippen LogP contribution in [-0.2, 0) is 0 Å². The Balaban J connectivity index is 1.41. The molecular formula is C19H18FN3O2. The number of amides is 1. The first kappa shape index (κ1) is 15.6. The van der Waals surface area contributed by atoms with Crippen LogP contribution in [0.3, 0.4) is 0 Å². The van der Waals surface area contributed by atoms with Crippen LogP contribution in [0.4, 0.5) is 4.39 Å². The number of nitrogens with one attached hydrogen (secondary N) is 1. The zero-order chi connectivity index (χ0) is 17.2. The molecule has 0 radical (unpaired) electrons. The maximum Gasteiger partial charge on any atom is 0.289 e. The van der Waals surface area contributed by atoms with Gasteiger partial charge in [-0.05, 0) is 55.3 Å². The van der Waals surface area contributed by atoms with Crippen molar-refractivity contribution in [1.29, 1.82) is 0 Å². The van der Waals surface area contributed by atoms with E-state index in [0.717, 1.165) is 29.8 Å². The molecule has 0 unspecified atom stereocenters. The lowest BCUT2D eigenvalue weighted by molar-refractivity contribution is 0.0680. The van der Waals surface area contributed by atoms with E-state index in [1.165, 1.54) is 18.4 Å². The zero-order valence-corrected chi connectivity index (χ0v) is 13.6. The molecule has 0 saturated carbocycles. The fraction of sp³-hybridized carbons (Fsp3) is 0.263. The van der Waals surface area contributed by atoms with E-state index in [1.54, 1.807) is 24.3 Å². The van der Waals surface area contributed by atoms with Gasteiger partial charge in [0.2, 0.25) is 0 Å². The van der Waals surface area contributed by atoms with Crippen LogP contribution >= 0.6 is 0 Å². The second kappa shape index (κ2) is 6.55. The number of halogens is 1. The number of piperidine rings is 1. The van der Waals surface area contributed by atoms with E-state index in [-0.39, 0.29) is 11.7 Å². The number of benzene rings is 1. The normalized spacial score (nSPS) is 15.5. The van der Waals surface area contributed by atoms with E-state index < -0.39 is 0 Å². The van der Waals surface area contributed by atoms with Gasteiger partial charge >= 0.3 is 0 Å². The van der Waals surface area contributed by atoms with Crippen LogP contribution < -0.4 is 0 Å². The number of hydrogen-bond acceptors (Lipinski definition) is 3. The molecule has 3 aromatic rings. The molecule has 0 bridgehead atoms. The summed E-state index contributed by atoms with van der Waals surface area (Å²) in [5, 5.41) is 7.44. The maximum absolute atomic E-state index is 13.0. The molecule has 5 nitrogen and oxygen atoms in total. The van der Waals surface area contributed by atoms with Gasteiger partial charge in [-0.1, -0.05) is 0 Å². The monoisotopic (exact) mass is 339 g/mol. The number of H-pyrrole nitrogens is 1. The smallest absolute Gasteiger partial charge is 0.289 e. The van der Waals surface area contributed by atoms with Crippen molar-refractivity contribution in [3.8, 4) is 11.3 Å². The maximum atomic E-state index is 13.0. The Bertz CT molecular complexity index is 847. The van der Waals surface area contributed by atoms with Gasteiger partial charge in [-0.25, -0.2) is 4.39 Å². The van der Waals surface area contributed by atoms with Crippen LogP contribution in [0.25, 0.3) is 11.3 Å². The molecule has 1 fully saturated rings. The molecule has 6 heteroatoms. The Morgan fingerprint density at radius 2 is 1.96 bits per heavy atom. The van der Waals surface area contributed by atoms with E-state index in [0.29, 0.717) is 24.8 Å². The summed E-state index contributed by atoms with van der Waals surface area (Å²) in [6.07, 6.45) is 3.26. The predicted molar refractivity (Wildman–Crippen MR) is 90.6 cm³/mol. The number of likely N-dealkylation sites (tertiary alicyclic amines) is 1. The summed E-state index contributed by atoms with van der Waals surface area (Å²) >= 11 is 0. The molecule has 25 heavy (non-hydrogen) atoms.